The van der Waals surface area contributed by atoms with Crippen molar-refractivity contribution in [2.75, 3.05) is 23.4 Å². The van der Waals surface area contributed by atoms with Crippen LogP contribution in [0.2, 0.25) is 0 Å². The number of amides is 4. The SMILES string of the molecule is CC(C)N1NC(C(=O)Nc2ccc(Oc3ccnc4cc5c(cc34)OCCO5)c(F)c2)C(=O)N(c2ccc(F)cc2)C1=O. The fourth-order valence-corrected chi connectivity index (χ4v) is 4.69. The number of halogens is 2. The molecule has 2 aliphatic rings. The molecule has 3 aromatic carbocycles. The molecule has 0 spiro atoms. The first-order valence-electron chi connectivity index (χ1n) is 13.3. The molecule has 220 valence electrons. The number of fused-ring (bicyclic) bond motifs is 2. The number of hydrogen-bond donors (Lipinski definition) is 2. The third-order valence-electron chi connectivity index (χ3n) is 6.78. The van der Waals surface area contributed by atoms with E-state index in [0.29, 0.717) is 41.4 Å². The van der Waals surface area contributed by atoms with Gasteiger partial charge in [-0.3, -0.25) is 19.6 Å². The van der Waals surface area contributed by atoms with Crippen molar-refractivity contribution < 1.29 is 37.4 Å². The highest BCUT2D eigenvalue weighted by molar-refractivity contribution is 6.25. The zero-order valence-electron chi connectivity index (χ0n) is 23.0. The zero-order chi connectivity index (χ0) is 30.2. The van der Waals surface area contributed by atoms with Gasteiger partial charge in [0.05, 0.1) is 11.2 Å². The van der Waals surface area contributed by atoms with Crippen LogP contribution in [-0.4, -0.2) is 53.1 Å². The topological polar surface area (TPSA) is 122 Å². The molecule has 0 bridgehead atoms. The summed E-state index contributed by atoms with van der Waals surface area (Å²) < 4.78 is 45.8. The number of benzene rings is 3. The lowest BCUT2D eigenvalue weighted by molar-refractivity contribution is -0.131. The highest BCUT2D eigenvalue weighted by Gasteiger charge is 2.44. The Labute approximate surface area is 243 Å². The normalized spacial score (nSPS) is 16.5. The molecule has 2 aliphatic heterocycles. The van der Waals surface area contributed by atoms with E-state index in [1.165, 1.54) is 30.5 Å². The fourth-order valence-electron chi connectivity index (χ4n) is 4.69. The van der Waals surface area contributed by atoms with Crippen LogP contribution in [0.15, 0.2) is 66.9 Å². The average Bonchev–Trinajstić information content (AvgIpc) is 2.98. The van der Waals surface area contributed by atoms with Crippen LogP contribution in [0.1, 0.15) is 13.8 Å². The van der Waals surface area contributed by atoms with E-state index in [1.54, 1.807) is 32.0 Å². The standard InChI is InChI=1S/C30H25F2N5O6/c1-16(2)37-30(40)36(19-6-3-17(31)4-7-19)29(39)27(35-37)28(38)34-18-5-8-24(21(32)13-18)43-23-9-10-33-22-15-26-25(14-20(22)23)41-11-12-42-26/h3-10,13-16,27,35H,11-12H2,1-2H3,(H,34,38). The van der Waals surface area contributed by atoms with Crippen LogP contribution in [0.3, 0.4) is 0 Å². The average molecular weight is 590 g/mol. The molecule has 1 atom stereocenters. The molecule has 0 saturated carbocycles. The molecule has 1 unspecified atom stereocenters. The molecular weight excluding hydrogens is 564 g/mol. The number of anilines is 2. The largest absolute Gasteiger partial charge is 0.486 e. The summed E-state index contributed by atoms with van der Waals surface area (Å²) in [7, 11) is 0. The van der Waals surface area contributed by atoms with Gasteiger partial charge in [0.25, 0.3) is 11.8 Å². The van der Waals surface area contributed by atoms with E-state index < -0.39 is 41.6 Å². The van der Waals surface area contributed by atoms with Gasteiger partial charge < -0.3 is 19.5 Å². The van der Waals surface area contributed by atoms with Crippen molar-refractivity contribution >= 4 is 40.1 Å². The summed E-state index contributed by atoms with van der Waals surface area (Å²) in [6, 6.07) is 10.8. The lowest BCUT2D eigenvalue weighted by Crippen LogP contribution is -2.70. The van der Waals surface area contributed by atoms with Crippen LogP contribution < -0.4 is 29.9 Å². The molecule has 6 rings (SSSR count). The number of carbonyl (C=O) groups is 3. The Morgan fingerprint density at radius 1 is 1.00 bits per heavy atom. The number of rotatable bonds is 6. The van der Waals surface area contributed by atoms with Crippen molar-refractivity contribution in [1.82, 2.24) is 15.4 Å². The second kappa shape index (κ2) is 11.2. The molecule has 4 aromatic rings. The Morgan fingerprint density at radius 3 is 2.42 bits per heavy atom. The number of ether oxygens (including phenoxy) is 3. The minimum absolute atomic E-state index is 0.0463. The van der Waals surface area contributed by atoms with Gasteiger partial charge in [-0.25, -0.2) is 23.9 Å². The van der Waals surface area contributed by atoms with Crippen molar-refractivity contribution in [3.05, 3.63) is 78.5 Å². The van der Waals surface area contributed by atoms with Gasteiger partial charge in [0, 0.05) is 35.4 Å². The Morgan fingerprint density at radius 2 is 1.72 bits per heavy atom. The molecule has 1 fully saturated rings. The first-order chi connectivity index (χ1) is 20.7. The van der Waals surface area contributed by atoms with Crippen LogP contribution in [-0.2, 0) is 9.59 Å². The summed E-state index contributed by atoms with van der Waals surface area (Å²) in [5, 5.41) is 4.22. The summed E-state index contributed by atoms with van der Waals surface area (Å²) in [5.41, 5.74) is 3.35. The number of pyridine rings is 1. The molecule has 1 saturated heterocycles. The van der Waals surface area contributed by atoms with Gasteiger partial charge in [-0.1, -0.05) is 0 Å². The van der Waals surface area contributed by atoms with E-state index in [9.17, 15) is 18.8 Å². The zero-order valence-corrected chi connectivity index (χ0v) is 23.0. The lowest BCUT2D eigenvalue weighted by Gasteiger charge is -2.40. The maximum absolute atomic E-state index is 15.2. The second-order valence-electron chi connectivity index (χ2n) is 10.0. The minimum atomic E-state index is -1.54. The number of nitrogens with zero attached hydrogens (tertiary/aromatic N) is 3. The van der Waals surface area contributed by atoms with Crippen LogP contribution in [0.4, 0.5) is 25.0 Å². The molecule has 3 heterocycles. The lowest BCUT2D eigenvalue weighted by atomic mass is 10.1. The van der Waals surface area contributed by atoms with Crippen molar-refractivity contribution in [2.24, 2.45) is 0 Å². The van der Waals surface area contributed by atoms with Gasteiger partial charge in [-0.15, -0.1) is 0 Å². The van der Waals surface area contributed by atoms with E-state index in [1.807, 2.05) is 0 Å². The Hall–Kier alpha value is -5.30. The number of urea groups is 1. The predicted molar refractivity (Wildman–Crippen MR) is 151 cm³/mol. The Kier molecular flexibility index (Phi) is 7.24. The predicted octanol–water partition coefficient (Wildman–Crippen LogP) is 4.77. The number of hydrogen-bond acceptors (Lipinski definition) is 8. The van der Waals surface area contributed by atoms with Gasteiger partial charge in [-0.2, -0.15) is 0 Å². The number of imide groups is 1. The van der Waals surface area contributed by atoms with Crippen LogP contribution in [0, 0.1) is 11.6 Å². The van der Waals surface area contributed by atoms with Crippen LogP contribution >= 0.6 is 0 Å². The van der Waals surface area contributed by atoms with E-state index in [4.69, 9.17) is 14.2 Å². The smallest absolute Gasteiger partial charge is 0.346 e. The van der Waals surface area contributed by atoms with Crippen molar-refractivity contribution in [1.29, 1.82) is 0 Å². The molecule has 4 amide bonds. The summed E-state index contributed by atoms with van der Waals surface area (Å²) >= 11 is 0. The molecule has 1 aromatic heterocycles. The molecular formula is C30H25F2N5O6. The fraction of sp³-hybridized carbons (Fsp3) is 0.200. The van der Waals surface area contributed by atoms with E-state index in [2.05, 4.69) is 15.7 Å². The minimum Gasteiger partial charge on any atom is -0.486 e. The third-order valence-corrected chi connectivity index (χ3v) is 6.78. The number of aromatic nitrogens is 1. The number of nitrogens with one attached hydrogen (secondary N) is 2. The monoisotopic (exact) mass is 589 g/mol. The second-order valence-corrected chi connectivity index (χ2v) is 10.0. The highest BCUT2D eigenvalue weighted by atomic mass is 19.1. The maximum atomic E-state index is 15.2. The van der Waals surface area contributed by atoms with E-state index in [0.717, 1.165) is 28.1 Å². The molecule has 0 aliphatic carbocycles. The van der Waals surface area contributed by atoms with Crippen molar-refractivity contribution in [2.45, 2.75) is 25.9 Å². The molecule has 11 nitrogen and oxygen atoms in total. The van der Waals surface area contributed by atoms with Gasteiger partial charge in [-0.05, 0) is 62.4 Å². The number of carbonyl (C=O) groups excluding carboxylic acids is 3. The summed E-state index contributed by atoms with van der Waals surface area (Å²) in [4.78, 5) is 44.7. The Bertz CT molecular complexity index is 1750. The molecule has 0 radical (unpaired) electrons. The first-order valence-corrected chi connectivity index (χ1v) is 13.3. The van der Waals surface area contributed by atoms with Gasteiger partial charge >= 0.3 is 6.03 Å². The van der Waals surface area contributed by atoms with Crippen LogP contribution in [0.5, 0.6) is 23.0 Å². The summed E-state index contributed by atoms with van der Waals surface area (Å²) in [6.07, 6.45) is 1.52. The maximum Gasteiger partial charge on any atom is 0.346 e. The summed E-state index contributed by atoms with van der Waals surface area (Å²) in [5.74, 6) is -1.76. The molecule has 43 heavy (non-hydrogen) atoms. The van der Waals surface area contributed by atoms with Crippen molar-refractivity contribution in [3.8, 4) is 23.0 Å². The molecule has 13 heteroatoms. The number of hydrazine groups is 1. The van der Waals surface area contributed by atoms with E-state index in [-0.39, 0.29) is 17.1 Å². The van der Waals surface area contributed by atoms with E-state index >= 15 is 4.39 Å². The summed E-state index contributed by atoms with van der Waals surface area (Å²) in [6.45, 7) is 4.20. The van der Waals surface area contributed by atoms with Gasteiger partial charge in [0.1, 0.15) is 24.8 Å². The first kappa shape index (κ1) is 27.8. The third kappa shape index (κ3) is 5.37. The van der Waals surface area contributed by atoms with Gasteiger partial charge in [0.2, 0.25) is 0 Å². The Balaban J connectivity index is 1.22. The highest BCUT2D eigenvalue weighted by Crippen LogP contribution is 2.39. The molecule has 2 N–H and O–H groups in total. The van der Waals surface area contributed by atoms with Crippen LogP contribution in [0.25, 0.3) is 10.9 Å². The van der Waals surface area contributed by atoms with Crippen molar-refractivity contribution in [3.63, 3.8) is 0 Å². The quantitative estimate of drug-likeness (QED) is 0.309. The van der Waals surface area contributed by atoms with Gasteiger partial charge in [0.15, 0.2) is 29.1 Å².